The molecule has 12 heteroatoms. The first-order chi connectivity index (χ1) is 14.4. The minimum atomic E-state index is -5.81. The lowest BCUT2D eigenvalue weighted by Crippen LogP contribution is -2.34. The summed E-state index contributed by atoms with van der Waals surface area (Å²) in [5, 5.41) is 0. The topological polar surface area (TPSA) is 43.1 Å². The molecule has 0 unspecified atom stereocenters. The number of pyridine rings is 1. The summed E-state index contributed by atoms with van der Waals surface area (Å²) in [5.41, 5.74) is -0.884. The lowest BCUT2D eigenvalue weighted by molar-refractivity contribution is -0.290. The molecule has 2 aromatic rings. The Morgan fingerprint density at radius 2 is 1.47 bits per heavy atom. The third-order valence-electron chi connectivity index (χ3n) is 5.19. The van der Waals surface area contributed by atoms with Crippen LogP contribution in [0, 0.1) is 0 Å². The number of rotatable bonds is 4. The van der Waals surface area contributed by atoms with Crippen LogP contribution < -0.4 is 0 Å². The molecular weight excluding hydrogens is 448 g/mol. The number of hydrogen-bond donors (Lipinski definition) is 0. The second-order valence-electron chi connectivity index (χ2n) is 7.28. The number of aliphatic imine (C=N–C) groups is 1. The van der Waals surface area contributed by atoms with Gasteiger partial charge in [0.1, 0.15) is 17.2 Å². The number of halogens is 8. The van der Waals surface area contributed by atoms with Crippen LogP contribution in [-0.4, -0.2) is 32.6 Å². The minimum Gasteiger partial charge on any atom is -0.326 e. The smallest absolute Gasteiger partial charge is 0.326 e. The number of nitrogens with zero attached hydrogens (tertiary/aromatic N) is 4. The highest BCUT2D eigenvalue weighted by atomic mass is 19.4. The van der Waals surface area contributed by atoms with Gasteiger partial charge in [-0.05, 0) is 57.4 Å². The highest BCUT2D eigenvalue weighted by Gasteiger charge is 2.60. The Kier molecular flexibility index (Phi) is 6.59. The maximum atomic E-state index is 13.6. The van der Waals surface area contributed by atoms with Gasteiger partial charge in [-0.2, -0.15) is 35.1 Å². The van der Waals surface area contributed by atoms with Gasteiger partial charge in [-0.3, -0.25) is 9.98 Å². The van der Waals surface area contributed by atoms with Crippen LogP contribution >= 0.6 is 0 Å². The Morgan fingerprint density at radius 3 is 1.97 bits per heavy atom. The minimum absolute atomic E-state index is 0.115. The van der Waals surface area contributed by atoms with E-state index in [0.717, 1.165) is 13.1 Å². The lowest BCUT2D eigenvalue weighted by Gasteiger charge is -2.18. The first-order valence-corrected chi connectivity index (χ1v) is 9.15. The molecule has 2 heterocycles. The van der Waals surface area contributed by atoms with Gasteiger partial charge in [0.2, 0.25) is 0 Å². The van der Waals surface area contributed by atoms with E-state index in [0.29, 0.717) is 22.8 Å². The van der Waals surface area contributed by atoms with E-state index in [9.17, 15) is 35.1 Å². The van der Waals surface area contributed by atoms with Crippen LogP contribution in [0.5, 0.6) is 0 Å². The van der Waals surface area contributed by atoms with Crippen molar-refractivity contribution < 1.29 is 35.1 Å². The van der Waals surface area contributed by atoms with Crippen molar-refractivity contribution in [1.29, 1.82) is 0 Å². The maximum Gasteiger partial charge on any atom is 0.459 e. The van der Waals surface area contributed by atoms with E-state index in [2.05, 4.69) is 15.0 Å². The van der Waals surface area contributed by atoms with E-state index < -0.39 is 29.7 Å². The normalized spacial score (nSPS) is 15.8. The molecule has 0 aliphatic carbocycles. The SMILES string of the molecule is CC(=N/C(C)=C(C)/C(C)=C(\C)c1nc2cc(C(F)(F)C(F)(F)F)ncc2n1C)C(F)(F)F. The number of hydrogen-bond acceptors (Lipinski definition) is 3. The van der Waals surface area contributed by atoms with Crippen LogP contribution in [0.2, 0.25) is 0 Å². The summed E-state index contributed by atoms with van der Waals surface area (Å²) in [7, 11) is 1.52. The number of imidazole rings is 1. The fourth-order valence-electron chi connectivity index (χ4n) is 2.86. The first-order valence-electron chi connectivity index (χ1n) is 9.15. The van der Waals surface area contributed by atoms with Crippen LogP contribution in [0.15, 0.2) is 34.1 Å². The second kappa shape index (κ2) is 8.28. The predicted molar refractivity (Wildman–Crippen MR) is 104 cm³/mol. The summed E-state index contributed by atoms with van der Waals surface area (Å²) in [6, 6.07) is 0.569. The van der Waals surface area contributed by atoms with Crippen LogP contribution in [0.25, 0.3) is 16.6 Å². The molecule has 0 amide bonds. The Morgan fingerprint density at radius 1 is 0.906 bits per heavy atom. The number of fused-ring (bicyclic) bond motifs is 1. The molecule has 0 radical (unpaired) electrons. The lowest BCUT2D eigenvalue weighted by atomic mass is 10.0. The summed E-state index contributed by atoms with van der Waals surface area (Å²) < 4.78 is 105. The van der Waals surface area contributed by atoms with Crippen molar-refractivity contribution in [2.24, 2.45) is 12.0 Å². The van der Waals surface area contributed by atoms with Gasteiger partial charge in [-0.25, -0.2) is 4.98 Å². The van der Waals surface area contributed by atoms with Gasteiger partial charge in [0.15, 0.2) is 0 Å². The van der Waals surface area contributed by atoms with E-state index in [1.54, 1.807) is 20.8 Å². The van der Waals surface area contributed by atoms with Crippen molar-refractivity contribution in [3.8, 4) is 0 Å². The van der Waals surface area contributed by atoms with Gasteiger partial charge >= 0.3 is 18.3 Å². The molecule has 0 spiro atoms. The largest absolute Gasteiger partial charge is 0.459 e. The fourth-order valence-corrected chi connectivity index (χ4v) is 2.86. The Bertz CT molecular complexity index is 1130. The molecule has 32 heavy (non-hydrogen) atoms. The Labute approximate surface area is 178 Å². The van der Waals surface area contributed by atoms with E-state index >= 15 is 0 Å². The molecule has 0 bridgehead atoms. The highest BCUT2D eigenvalue weighted by molar-refractivity contribution is 5.88. The number of allylic oxidation sites excluding steroid dienone is 4. The molecule has 0 aliphatic rings. The average Bonchev–Trinajstić information content (AvgIpc) is 3.00. The standard InChI is InChI=1S/C20H20F8N4/c1-9(10(2)12(4)30-13(5)19(23,24)25)11(3)17-31-14-7-16(18(21,22)20(26,27)28)29-8-15(14)32(17)6/h7-8H,1-6H3/b11-9+,12-10+,30-13?. The molecule has 2 aromatic heterocycles. The van der Waals surface area contributed by atoms with Crippen LogP contribution in [-0.2, 0) is 13.0 Å². The molecule has 0 fully saturated rings. The molecule has 0 saturated carbocycles. The van der Waals surface area contributed by atoms with Gasteiger partial charge in [-0.1, -0.05) is 0 Å². The zero-order valence-electron chi connectivity index (χ0n) is 18.0. The van der Waals surface area contributed by atoms with Gasteiger partial charge in [0.25, 0.3) is 0 Å². The zero-order valence-corrected chi connectivity index (χ0v) is 18.0. The predicted octanol–water partition coefficient (Wildman–Crippen LogP) is 6.73. The van der Waals surface area contributed by atoms with Gasteiger partial charge in [-0.15, -0.1) is 0 Å². The molecule has 0 saturated heterocycles. The molecule has 0 aliphatic heterocycles. The number of alkyl halides is 8. The zero-order chi connectivity index (χ0) is 24.8. The van der Waals surface area contributed by atoms with Crippen molar-refractivity contribution >= 4 is 22.3 Å². The van der Waals surface area contributed by atoms with Crippen molar-refractivity contribution in [3.05, 3.63) is 40.6 Å². The third-order valence-corrected chi connectivity index (χ3v) is 5.19. The molecule has 0 N–H and O–H groups in total. The van der Waals surface area contributed by atoms with Crippen molar-refractivity contribution in [2.75, 3.05) is 0 Å². The van der Waals surface area contributed by atoms with Crippen molar-refractivity contribution in [3.63, 3.8) is 0 Å². The van der Waals surface area contributed by atoms with Crippen LogP contribution in [0.4, 0.5) is 35.1 Å². The Hall–Kier alpha value is -2.79. The van der Waals surface area contributed by atoms with E-state index in [1.807, 2.05) is 0 Å². The van der Waals surface area contributed by atoms with Crippen molar-refractivity contribution in [1.82, 2.24) is 14.5 Å². The quantitative estimate of drug-likeness (QED) is 0.284. The maximum absolute atomic E-state index is 13.6. The molecule has 4 nitrogen and oxygen atoms in total. The molecule has 0 atom stereocenters. The van der Waals surface area contributed by atoms with Crippen molar-refractivity contribution in [2.45, 2.75) is 52.9 Å². The first kappa shape index (κ1) is 25.5. The third kappa shape index (κ3) is 4.68. The monoisotopic (exact) mass is 468 g/mol. The van der Waals surface area contributed by atoms with Gasteiger partial charge in [0.05, 0.1) is 17.2 Å². The number of aromatic nitrogens is 3. The molecule has 0 aromatic carbocycles. The van der Waals surface area contributed by atoms with Crippen LogP contribution in [0.1, 0.15) is 46.1 Å². The van der Waals surface area contributed by atoms with E-state index in [1.165, 1.54) is 18.5 Å². The summed E-state index contributed by atoms with van der Waals surface area (Å²) in [4.78, 5) is 11.0. The van der Waals surface area contributed by atoms with Crippen LogP contribution in [0.3, 0.4) is 0 Å². The molecular formula is C20H20F8N4. The van der Waals surface area contributed by atoms with E-state index in [4.69, 9.17) is 0 Å². The number of aryl methyl sites for hydroxylation is 1. The molecule has 2 rings (SSSR count). The summed E-state index contributed by atoms with van der Waals surface area (Å²) in [6.07, 6.45) is -9.52. The summed E-state index contributed by atoms with van der Waals surface area (Å²) in [5.74, 6) is -4.92. The Balaban J connectivity index is 2.60. The molecule has 176 valence electrons. The second-order valence-corrected chi connectivity index (χ2v) is 7.28. The fraction of sp³-hybridized carbons (Fsp3) is 0.450. The van der Waals surface area contributed by atoms with E-state index in [-0.39, 0.29) is 22.6 Å². The average molecular weight is 468 g/mol. The van der Waals surface area contributed by atoms with Gasteiger partial charge in [0, 0.05) is 12.7 Å². The highest BCUT2D eigenvalue weighted by Crippen LogP contribution is 2.43. The summed E-state index contributed by atoms with van der Waals surface area (Å²) >= 11 is 0. The van der Waals surface area contributed by atoms with Gasteiger partial charge < -0.3 is 4.57 Å². The summed E-state index contributed by atoms with van der Waals surface area (Å²) in [6.45, 7) is 7.04.